The smallest absolute Gasteiger partial charge is 0.311 e. The molecule has 3 heteroatoms. The molecule has 1 saturated carbocycles. The van der Waals surface area contributed by atoms with Gasteiger partial charge in [0.05, 0.1) is 5.92 Å². The van der Waals surface area contributed by atoms with E-state index in [4.69, 9.17) is 0 Å². The molecule has 1 aromatic rings. The van der Waals surface area contributed by atoms with Crippen LogP contribution >= 0.6 is 0 Å². The van der Waals surface area contributed by atoms with Crippen LogP contribution in [0.15, 0.2) is 6.07 Å². The second kappa shape index (κ2) is 5.17. The zero-order valence-electron chi connectivity index (χ0n) is 11.6. The topological polar surface area (TPSA) is 42.2 Å². The lowest BCUT2D eigenvalue weighted by Gasteiger charge is -2.27. The molecule has 3 nitrogen and oxygen atoms in total. The van der Waals surface area contributed by atoms with E-state index in [9.17, 15) is 9.90 Å². The second-order valence-electron chi connectivity index (χ2n) is 5.60. The van der Waals surface area contributed by atoms with E-state index in [0.717, 1.165) is 29.8 Å². The Labute approximate surface area is 109 Å². The molecule has 0 aliphatic heterocycles. The summed E-state index contributed by atoms with van der Waals surface area (Å²) in [5.41, 5.74) is 3.27. The van der Waals surface area contributed by atoms with Crippen molar-refractivity contribution >= 4 is 5.97 Å². The molecule has 100 valence electrons. The van der Waals surface area contributed by atoms with E-state index in [0.29, 0.717) is 5.92 Å². The molecule has 1 atom stereocenters. The lowest BCUT2D eigenvalue weighted by molar-refractivity contribution is -0.140. The van der Waals surface area contributed by atoms with Crippen LogP contribution in [0.5, 0.6) is 0 Å². The van der Waals surface area contributed by atoms with Gasteiger partial charge in [-0.05, 0) is 44.2 Å². The maximum atomic E-state index is 11.7. The summed E-state index contributed by atoms with van der Waals surface area (Å²) in [5, 5.41) is 9.59. The quantitative estimate of drug-likeness (QED) is 0.892. The summed E-state index contributed by atoms with van der Waals surface area (Å²) in [6, 6.07) is 2.06. The normalized spacial score (nSPS) is 18.8. The van der Waals surface area contributed by atoms with Gasteiger partial charge in [0.15, 0.2) is 0 Å². The Morgan fingerprint density at radius 1 is 1.33 bits per heavy atom. The monoisotopic (exact) mass is 249 g/mol. The highest BCUT2D eigenvalue weighted by Crippen LogP contribution is 2.38. The molecule has 1 aliphatic carbocycles. The third-order valence-corrected chi connectivity index (χ3v) is 4.54. The van der Waals surface area contributed by atoms with E-state index < -0.39 is 5.97 Å². The fourth-order valence-corrected chi connectivity index (χ4v) is 3.26. The number of aromatic nitrogens is 1. The van der Waals surface area contributed by atoms with Crippen molar-refractivity contribution in [3.8, 4) is 0 Å². The van der Waals surface area contributed by atoms with Gasteiger partial charge in [-0.3, -0.25) is 4.79 Å². The minimum Gasteiger partial charge on any atom is -0.481 e. The molecule has 0 spiro atoms. The number of nitrogens with zero attached hydrogens (tertiary/aromatic N) is 1. The van der Waals surface area contributed by atoms with Crippen LogP contribution in [0.2, 0.25) is 0 Å². The fraction of sp³-hybridized carbons (Fsp3) is 0.667. The van der Waals surface area contributed by atoms with Crippen molar-refractivity contribution in [2.24, 2.45) is 13.0 Å². The maximum Gasteiger partial charge on any atom is 0.311 e. The number of hydrogen-bond donors (Lipinski definition) is 1. The minimum absolute atomic E-state index is 0.315. The van der Waals surface area contributed by atoms with Crippen LogP contribution in [-0.2, 0) is 11.8 Å². The summed E-state index contributed by atoms with van der Waals surface area (Å²) in [6.45, 7) is 4.07. The summed E-state index contributed by atoms with van der Waals surface area (Å²) in [4.78, 5) is 11.7. The SMILES string of the molecule is Cc1cc(C(C(=O)O)C2CCCCC2)c(C)n1C. The van der Waals surface area contributed by atoms with Gasteiger partial charge < -0.3 is 9.67 Å². The van der Waals surface area contributed by atoms with Gasteiger partial charge in [0.25, 0.3) is 0 Å². The summed E-state index contributed by atoms with van der Waals surface area (Å²) in [7, 11) is 2.01. The molecule has 0 aromatic carbocycles. The predicted octanol–water partition coefficient (Wildman–Crippen LogP) is 3.39. The third kappa shape index (κ3) is 2.31. The highest BCUT2D eigenvalue weighted by Gasteiger charge is 2.32. The molecule has 2 rings (SSSR count). The molecule has 0 amide bonds. The molecule has 1 aliphatic rings. The lowest BCUT2D eigenvalue weighted by atomic mass is 9.77. The first-order valence-corrected chi connectivity index (χ1v) is 6.88. The van der Waals surface area contributed by atoms with Gasteiger partial charge in [0.2, 0.25) is 0 Å². The van der Waals surface area contributed by atoms with Crippen molar-refractivity contribution in [1.29, 1.82) is 0 Å². The Balaban J connectivity index is 2.34. The van der Waals surface area contributed by atoms with Crippen molar-refractivity contribution in [1.82, 2.24) is 4.57 Å². The number of carboxylic acids is 1. The van der Waals surface area contributed by atoms with E-state index in [-0.39, 0.29) is 5.92 Å². The Hall–Kier alpha value is -1.25. The zero-order valence-corrected chi connectivity index (χ0v) is 11.6. The molecule has 18 heavy (non-hydrogen) atoms. The van der Waals surface area contributed by atoms with Crippen molar-refractivity contribution < 1.29 is 9.90 Å². The van der Waals surface area contributed by atoms with Crippen molar-refractivity contribution in [3.63, 3.8) is 0 Å². The molecule has 1 N–H and O–H groups in total. The molecule has 0 saturated heterocycles. The summed E-state index contributed by atoms with van der Waals surface area (Å²) in [5.74, 6) is -0.655. The first kappa shape index (κ1) is 13.2. The molecule has 1 heterocycles. The highest BCUT2D eigenvalue weighted by atomic mass is 16.4. The van der Waals surface area contributed by atoms with Gasteiger partial charge in [-0.1, -0.05) is 19.3 Å². The zero-order chi connectivity index (χ0) is 13.3. The van der Waals surface area contributed by atoms with Crippen LogP contribution in [0.4, 0.5) is 0 Å². The number of aliphatic carboxylic acids is 1. The van der Waals surface area contributed by atoms with Crippen LogP contribution in [0.3, 0.4) is 0 Å². The molecule has 1 unspecified atom stereocenters. The number of rotatable bonds is 3. The summed E-state index contributed by atoms with van der Waals surface area (Å²) in [6.07, 6.45) is 5.74. The number of aryl methyl sites for hydroxylation is 1. The van der Waals surface area contributed by atoms with Gasteiger partial charge >= 0.3 is 5.97 Å². The number of hydrogen-bond acceptors (Lipinski definition) is 1. The van der Waals surface area contributed by atoms with Crippen LogP contribution in [0.1, 0.15) is 55.0 Å². The molecule has 0 radical (unpaired) electrons. The van der Waals surface area contributed by atoms with E-state index in [1.54, 1.807) is 0 Å². The molecular weight excluding hydrogens is 226 g/mol. The molecule has 1 fully saturated rings. The minimum atomic E-state index is -0.657. The van der Waals surface area contributed by atoms with E-state index >= 15 is 0 Å². The van der Waals surface area contributed by atoms with Crippen molar-refractivity contribution in [2.45, 2.75) is 51.9 Å². The van der Waals surface area contributed by atoms with Crippen LogP contribution in [0, 0.1) is 19.8 Å². The van der Waals surface area contributed by atoms with Gasteiger partial charge in [-0.25, -0.2) is 0 Å². The van der Waals surface area contributed by atoms with Crippen molar-refractivity contribution in [3.05, 3.63) is 23.0 Å². The highest BCUT2D eigenvalue weighted by molar-refractivity contribution is 5.77. The predicted molar refractivity (Wildman–Crippen MR) is 71.8 cm³/mol. The third-order valence-electron chi connectivity index (χ3n) is 4.54. The Bertz CT molecular complexity index is 442. The first-order valence-electron chi connectivity index (χ1n) is 6.88. The van der Waals surface area contributed by atoms with E-state index in [1.165, 1.54) is 19.3 Å². The van der Waals surface area contributed by atoms with Crippen LogP contribution in [0.25, 0.3) is 0 Å². The molecule has 1 aromatic heterocycles. The second-order valence-corrected chi connectivity index (χ2v) is 5.60. The largest absolute Gasteiger partial charge is 0.481 e. The van der Waals surface area contributed by atoms with Gasteiger partial charge in [-0.2, -0.15) is 0 Å². The van der Waals surface area contributed by atoms with Crippen LogP contribution in [-0.4, -0.2) is 15.6 Å². The molecule has 0 bridgehead atoms. The average molecular weight is 249 g/mol. The van der Waals surface area contributed by atoms with Gasteiger partial charge in [0.1, 0.15) is 0 Å². The average Bonchev–Trinajstić information content (AvgIpc) is 2.59. The summed E-state index contributed by atoms with van der Waals surface area (Å²) < 4.78 is 2.09. The summed E-state index contributed by atoms with van der Waals surface area (Å²) >= 11 is 0. The van der Waals surface area contributed by atoms with Crippen molar-refractivity contribution in [2.75, 3.05) is 0 Å². The molecular formula is C15H23NO2. The van der Waals surface area contributed by atoms with Gasteiger partial charge in [-0.15, -0.1) is 0 Å². The van der Waals surface area contributed by atoms with E-state index in [1.807, 2.05) is 20.9 Å². The maximum absolute atomic E-state index is 11.7. The van der Waals surface area contributed by atoms with Crippen LogP contribution < -0.4 is 0 Å². The first-order chi connectivity index (χ1) is 8.52. The standard InChI is InChI=1S/C15H23NO2/c1-10-9-13(11(2)16(10)3)14(15(17)18)12-7-5-4-6-8-12/h9,12,14H,4-8H2,1-3H3,(H,17,18). The fourth-order valence-electron chi connectivity index (χ4n) is 3.26. The Morgan fingerprint density at radius 2 is 1.94 bits per heavy atom. The Morgan fingerprint density at radius 3 is 2.39 bits per heavy atom. The Kier molecular flexibility index (Phi) is 3.79. The number of carbonyl (C=O) groups is 1. The lowest BCUT2D eigenvalue weighted by Crippen LogP contribution is -2.24. The number of carboxylic acid groups (broad SMARTS) is 1. The van der Waals surface area contributed by atoms with Gasteiger partial charge in [0, 0.05) is 18.4 Å². The van der Waals surface area contributed by atoms with E-state index in [2.05, 4.69) is 10.6 Å².